The molecule has 2 heterocycles. The standard InChI is InChI=1S/C18H23N3O3S/c1-23-13-5-6-14-16(9-13)25-18(19-14)20-17(22)15-11-24-8-7-21(15)10-12-3-2-4-12/h5-6,9,12,15H,2-4,7-8,10-11H2,1H3,(H,19,20,22). The first-order valence-corrected chi connectivity index (χ1v) is 9.62. The second-order valence-electron chi connectivity index (χ2n) is 6.72. The molecule has 1 aromatic carbocycles. The van der Waals surface area contributed by atoms with Crippen molar-refractivity contribution in [3.8, 4) is 5.75 Å². The number of anilines is 1. The number of carbonyl (C=O) groups excluding carboxylic acids is 1. The number of benzene rings is 1. The van der Waals surface area contributed by atoms with E-state index in [4.69, 9.17) is 9.47 Å². The highest BCUT2D eigenvalue weighted by Gasteiger charge is 2.32. The lowest BCUT2D eigenvalue weighted by molar-refractivity contribution is -0.128. The van der Waals surface area contributed by atoms with Gasteiger partial charge in [0.25, 0.3) is 0 Å². The minimum Gasteiger partial charge on any atom is -0.497 e. The van der Waals surface area contributed by atoms with Gasteiger partial charge in [-0.2, -0.15) is 0 Å². The summed E-state index contributed by atoms with van der Waals surface area (Å²) in [5.41, 5.74) is 0.868. The molecule has 2 fully saturated rings. The Balaban J connectivity index is 1.45. The van der Waals surface area contributed by atoms with Crippen molar-refractivity contribution in [3.63, 3.8) is 0 Å². The van der Waals surface area contributed by atoms with Crippen LogP contribution in [-0.2, 0) is 9.53 Å². The molecule has 7 heteroatoms. The van der Waals surface area contributed by atoms with Crippen LogP contribution in [0.2, 0.25) is 0 Å². The topological polar surface area (TPSA) is 63.7 Å². The molecule has 1 saturated heterocycles. The molecule has 1 aliphatic heterocycles. The van der Waals surface area contributed by atoms with Crippen molar-refractivity contribution in [1.82, 2.24) is 9.88 Å². The number of hydrogen-bond acceptors (Lipinski definition) is 6. The van der Waals surface area contributed by atoms with Gasteiger partial charge >= 0.3 is 0 Å². The van der Waals surface area contributed by atoms with Crippen molar-refractivity contribution in [2.45, 2.75) is 25.3 Å². The highest BCUT2D eigenvalue weighted by atomic mass is 32.1. The minimum atomic E-state index is -0.226. The van der Waals surface area contributed by atoms with E-state index < -0.39 is 0 Å². The maximum absolute atomic E-state index is 12.8. The fourth-order valence-electron chi connectivity index (χ4n) is 3.38. The number of nitrogens with one attached hydrogen (secondary N) is 1. The van der Waals surface area contributed by atoms with E-state index in [0.717, 1.165) is 35.0 Å². The molecule has 25 heavy (non-hydrogen) atoms. The number of carbonyl (C=O) groups is 1. The number of thiazole rings is 1. The second kappa shape index (κ2) is 7.27. The molecule has 1 atom stereocenters. The summed E-state index contributed by atoms with van der Waals surface area (Å²) < 4.78 is 11.8. The molecule has 1 N–H and O–H groups in total. The number of methoxy groups -OCH3 is 1. The Morgan fingerprint density at radius 3 is 3.12 bits per heavy atom. The maximum Gasteiger partial charge on any atom is 0.245 e. The molecule has 6 nitrogen and oxygen atoms in total. The summed E-state index contributed by atoms with van der Waals surface area (Å²) in [6.45, 7) is 2.98. The maximum atomic E-state index is 12.8. The lowest BCUT2D eigenvalue weighted by atomic mass is 9.84. The molecule has 4 rings (SSSR count). The van der Waals surface area contributed by atoms with Crippen molar-refractivity contribution in [2.75, 3.05) is 38.7 Å². The molecule has 1 amide bonds. The number of ether oxygens (including phenoxy) is 2. The average molecular weight is 361 g/mol. The molecule has 2 aromatic rings. The van der Waals surface area contributed by atoms with Crippen LogP contribution in [0.5, 0.6) is 5.75 Å². The van der Waals surface area contributed by atoms with Gasteiger partial charge in [0.2, 0.25) is 5.91 Å². The van der Waals surface area contributed by atoms with Gasteiger partial charge in [0.05, 0.1) is 30.5 Å². The Labute approximate surface area is 151 Å². The Morgan fingerprint density at radius 2 is 2.36 bits per heavy atom. The molecule has 1 unspecified atom stereocenters. The Hall–Kier alpha value is -1.70. The molecule has 0 bridgehead atoms. The van der Waals surface area contributed by atoms with Crippen molar-refractivity contribution in [1.29, 1.82) is 0 Å². The summed E-state index contributed by atoms with van der Waals surface area (Å²) in [6.07, 6.45) is 3.89. The van der Waals surface area contributed by atoms with E-state index in [1.165, 1.54) is 30.6 Å². The van der Waals surface area contributed by atoms with E-state index in [9.17, 15) is 4.79 Å². The van der Waals surface area contributed by atoms with E-state index in [-0.39, 0.29) is 11.9 Å². The van der Waals surface area contributed by atoms with E-state index >= 15 is 0 Å². The molecule has 1 saturated carbocycles. The Kier molecular flexibility index (Phi) is 4.87. The van der Waals surface area contributed by atoms with Crippen molar-refractivity contribution >= 4 is 32.6 Å². The van der Waals surface area contributed by atoms with Crippen LogP contribution < -0.4 is 10.1 Å². The van der Waals surface area contributed by atoms with Crippen LogP contribution in [0, 0.1) is 5.92 Å². The third-order valence-electron chi connectivity index (χ3n) is 5.09. The summed E-state index contributed by atoms with van der Waals surface area (Å²) in [6, 6.07) is 5.50. The van der Waals surface area contributed by atoms with Gasteiger partial charge in [-0.05, 0) is 37.0 Å². The summed E-state index contributed by atoms with van der Waals surface area (Å²) in [5, 5.41) is 3.61. The van der Waals surface area contributed by atoms with Gasteiger partial charge < -0.3 is 14.8 Å². The zero-order chi connectivity index (χ0) is 17.2. The first kappa shape index (κ1) is 16.8. The second-order valence-corrected chi connectivity index (χ2v) is 7.76. The SMILES string of the molecule is COc1ccc2nc(NC(=O)C3COCCN3CC3CCC3)sc2c1. The zero-order valence-electron chi connectivity index (χ0n) is 14.4. The number of aromatic nitrogens is 1. The highest BCUT2D eigenvalue weighted by Crippen LogP contribution is 2.30. The average Bonchev–Trinajstić information content (AvgIpc) is 2.99. The Bertz CT molecular complexity index is 759. The van der Waals surface area contributed by atoms with Crippen LogP contribution in [0.15, 0.2) is 18.2 Å². The fraction of sp³-hybridized carbons (Fsp3) is 0.556. The van der Waals surface area contributed by atoms with E-state index in [0.29, 0.717) is 18.3 Å². The first-order chi connectivity index (χ1) is 12.2. The summed E-state index contributed by atoms with van der Waals surface area (Å²) in [5.74, 6) is 1.51. The number of hydrogen-bond donors (Lipinski definition) is 1. The van der Waals surface area contributed by atoms with Gasteiger partial charge in [0.1, 0.15) is 11.8 Å². The van der Waals surface area contributed by atoms with Crippen LogP contribution in [-0.4, -0.2) is 55.2 Å². The van der Waals surface area contributed by atoms with Crippen molar-refractivity contribution < 1.29 is 14.3 Å². The minimum absolute atomic E-state index is 0.0231. The van der Waals surface area contributed by atoms with Crippen LogP contribution in [0.3, 0.4) is 0 Å². The number of fused-ring (bicyclic) bond motifs is 1. The van der Waals surface area contributed by atoms with Gasteiger partial charge in [0.15, 0.2) is 5.13 Å². The summed E-state index contributed by atoms with van der Waals surface area (Å²) in [4.78, 5) is 19.6. The quantitative estimate of drug-likeness (QED) is 0.887. The number of nitrogens with zero attached hydrogens (tertiary/aromatic N) is 2. The van der Waals surface area contributed by atoms with E-state index in [1.54, 1.807) is 7.11 Å². The molecule has 2 aliphatic rings. The lowest BCUT2D eigenvalue weighted by Crippen LogP contribution is -2.53. The summed E-state index contributed by atoms with van der Waals surface area (Å²) in [7, 11) is 1.64. The highest BCUT2D eigenvalue weighted by molar-refractivity contribution is 7.22. The number of amides is 1. The monoisotopic (exact) mass is 361 g/mol. The van der Waals surface area contributed by atoms with Crippen molar-refractivity contribution in [3.05, 3.63) is 18.2 Å². The smallest absolute Gasteiger partial charge is 0.245 e. The molecule has 0 spiro atoms. The molecule has 0 radical (unpaired) electrons. The molecule has 134 valence electrons. The molecular formula is C18H23N3O3S. The van der Waals surface area contributed by atoms with Gasteiger partial charge in [-0.3, -0.25) is 9.69 Å². The van der Waals surface area contributed by atoms with E-state index in [1.807, 2.05) is 18.2 Å². The third-order valence-corrected chi connectivity index (χ3v) is 6.02. The number of morpholine rings is 1. The van der Waals surface area contributed by atoms with Gasteiger partial charge in [-0.25, -0.2) is 4.98 Å². The van der Waals surface area contributed by atoms with Gasteiger partial charge in [-0.1, -0.05) is 17.8 Å². The Morgan fingerprint density at radius 1 is 1.48 bits per heavy atom. The zero-order valence-corrected chi connectivity index (χ0v) is 15.2. The van der Waals surface area contributed by atoms with E-state index in [2.05, 4.69) is 15.2 Å². The molecular weight excluding hydrogens is 338 g/mol. The predicted molar refractivity (Wildman–Crippen MR) is 98.3 cm³/mol. The predicted octanol–water partition coefficient (Wildman–Crippen LogP) is 2.74. The number of rotatable bonds is 5. The first-order valence-electron chi connectivity index (χ1n) is 8.80. The van der Waals surface area contributed by atoms with Gasteiger partial charge in [-0.15, -0.1) is 0 Å². The van der Waals surface area contributed by atoms with Crippen LogP contribution in [0.1, 0.15) is 19.3 Å². The van der Waals surface area contributed by atoms with Crippen LogP contribution in [0.25, 0.3) is 10.2 Å². The molecule has 1 aromatic heterocycles. The van der Waals surface area contributed by atoms with Crippen molar-refractivity contribution in [2.24, 2.45) is 5.92 Å². The summed E-state index contributed by atoms with van der Waals surface area (Å²) >= 11 is 1.47. The van der Waals surface area contributed by atoms with Gasteiger partial charge in [0, 0.05) is 13.1 Å². The third kappa shape index (κ3) is 3.63. The molecule has 1 aliphatic carbocycles. The largest absolute Gasteiger partial charge is 0.497 e. The normalized spacial score (nSPS) is 21.9. The fourth-order valence-corrected chi connectivity index (χ4v) is 4.28. The lowest BCUT2D eigenvalue weighted by Gasteiger charge is -2.38. The van der Waals surface area contributed by atoms with Crippen LogP contribution in [0.4, 0.5) is 5.13 Å². The van der Waals surface area contributed by atoms with Crippen LogP contribution >= 0.6 is 11.3 Å².